The Kier molecular flexibility index (Phi) is 9.17. The van der Waals surface area contributed by atoms with Crippen molar-refractivity contribution in [3.05, 3.63) is 47.5 Å². The van der Waals surface area contributed by atoms with Crippen LogP contribution in [0.2, 0.25) is 0 Å². The van der Waals surface area contributed by atoms with E-state index in [2.05, 4.69) is 15.3 Å². The van der Waals surface area contributed by atoms with Gasteiger partial charge in [0.05, 0.1) is 26.8 Å². The molecule has 3 rings (SSSR count). The monoisotopic (exact) mass is 567 g/mol. The van der Waals surface area contributed by atoms with Crippen LogP contribution < -0.4 is 5.01 Å². The van der Waals surface area contributed by atoms with Crippen molar-refractivity contribution in [1.82, 2.24) is 0 Å². The molecule has 1 atom stereocenters. The van der Waals surface area contributed by atoms with Gasteiger partial charge in [-0.3, -0.25) is 13.9 Å². The van der Waals surface area contributed by atoms with Gasteiger partial charge >= 0.3 is 11.9 Å². The van der Waals surface area contributed by atoms with Gasteiger partial charge in [-0.25, -0.2) is 4.79 Å². The number of carboxylic acids is 1. The predicted octanol–water partition coefficient (Wildman–Crippen LogP) is 1.21. The molecule has 188 valence electrons. The molecular weight excluding hydrogens is 548 g/mol. The molecule has 1 amide bonds. The summed E-state index contributed by atoms with van der Waals surface area (Å²) in [5.74, 6) is -1.87. The van der Waals surface area contributed by atoms with E-state index in [0.29, 0.717) is 5.56 Å². The molecule has 2 aromatic carbocycles. The van der Waals surface area contributed by atoms with Crippen LogP contribution in [-0.4, -0.2) is 64.9 Å². The molecule has 17 heteroatoms. The van der Waals surface area contributed by atoms with Crippen molar-refractivity contribution < 1.29 is 63.5 Å². The number of hydrogen-bond donors (Lipinski definition) is 3. The Balaban J connectivity index is 0.00000306. The molecule has 14 nitrogen and oxygen atoms in total. The molecule has 0 fully saturated rings. The summed E-state index contributed by atoms with van der Waals surface area (Å²) in [5, 5.41) is 22.1. The second-order valence-electron chi connectivity index (χ2n) is 6.91. The van der Waals surface area contributed by atoms with E-state index in [9.17, 15) is 36.1 Å². The summed E-state index contributed by atoms with van der Waals surface area (Å²) in [6.45, 7) is 3.02. The first-order chi connectivity index (χ1) is 15.2. The minimum atomic E-state index is -4.63. The summed E-state index contributed by atoms with van der Waals surface area (Å²) in [4.78, 5) is 21.1. The van der Waals surface area contributed by atoms with Gasteiger partial charge in [0.2, 0.25) is 6.04 Å². The fourth-order valence-electron chi connectivity index (χ4n) is 2.96. The average Bonchev–Trinajstić information content (AvgIpc) is 2.98. The van der Waals surface area contributed by atoms with Crippen LogP contribution in [0.5, 0.6) is 0 Å². The zero-order chi connectivity index (χ0) is 24.7. The molecule has 1 heterocycles. The summed E-state index contributed by atoms with van der Waals surface area (Å²) in [6.07, 6.45) is 0. The van der Waals surface area contributed by atoms with Crippen molar-refractivity contribution in [1.29, 1.82) is 0 Å². The Hall–Kier alpha value is -3.04. The van der Waals surface area contributed by atoms with Crippen molar-refractivity contribution in [2.75, 3.05) is 5.01 Å². The molecule has 0 saturated carbocycles. The second kappa shape index (κ2) is 10.7. The molecule has 0 spiro atoms. The molecule has 0 aliphatic carbocycles. The quantitative estimate of drug-likeness (QED) is 0.260. The third-order valence-electron chi connectivity index (χ3n) is 4.59. The Bertz CT molecular complexity index is 1460. The van der Waals surface area contributed by atoms with E-state index in [-0.39, 0.29) is 44.8 Å². The van der Waals surface area contributed by atoms with Crippen molar-refractivity contribution in [2.24, 2.45) is 15.3 Å². The molecule has 6 N–H and O–H groups in total. The summed E-state index contributed by atoms with van der Waals surface area (Å²) in [5.41, 5.74) is 0.0748. The average molecular weight is 567 g/mol. The van der Waals surface area contributed by atoms with E-state index in [1.54, 1.807) is 0 Å². The van der Waals surface area contributed by atoms with Crippen LogP contribution in [-0.2, 0) is 37.6 Å². The van der Waals surface area contributed by atoms with Crippen LogP contribution in [0.4, 0.5) is 11.4 Å². The van der Waals surface area contributed by atoms with Crippen molar-refractivity contribution >= 4 is 49.2 Å². The van der Waals surface area contributed by atoms with Gasteiger partial charge in [-0.2, -0.15) is 37.2 Å². The Labute approximate surface area is 209 Å². The number of carbonyl (C=O) groups excluding carboxylic acids is 1. The van der Waals surface area contributed by atoms with Crippen LogP contribution in [0.3, 0.4) is 0 Å². The standard InChI is InChI=1S/C18H16N4O9S2.Cr.H2O/c1-9-7-11(32(26,27)28)4-6-15(9)22-17(23)16(10(2)21-22)20-19-14-8-12(33(29,30)31)3-5-13(14)18(24)25;;/h3-8,16H,1-2H3,(H,24,25)(H,26,27,28)(H,29,30,31);;1H2/p+1/t16-;;/m0../s1. The van der Waals surface area contributed by atoms with Gasteiger partial charge in [-0.1, -0.05) is 0 Å². The molecule has 0 unspecified atom stereocenters. The molecule has 1 aliphatic heterocycles. The Morgan fingerprint density at radius 1 is 1.03 bits per heavy atom. The number of carboxylic acid groups (broad SMARTS) is 1. The number of anilines is 1. The van der Waals surface area contributed by atoms with E-state index in [1.807, 2.05) is 0 Å². The van der Waals surface area contributed by atoms with Crippen molar-refractivity contribution in [2.45, 2.75) is 29.7 Å². The Morgan fingerprint density at radius 2 is 1.57 bits per heavy atom. The van der Waals surface area contributed by atoms with Crippen LogP contribution in [0.1, 0.15) is 22.8 Å². The number of benzene rings is 2. The number of hydrazone groups is 1. The normalized spacial score (nSPS) is 16.0. The third-order valence-corrected chi connectivity index (χ3v) is 6.29. The summed E-state index contributed by atoms with van der Waals surface area (Å²) < 4.78 is 63.7. The summed E-state index contributed by atoms with van der Waals surface area (Å²) in [6, 6.07) is 5.08. The van der Waals surface area contributed by atoms with Gasteiger partial charge in [0, 0.05) is 17.4 Å². The number of aromatic carboxylic acids is 1. The van der Waals surface area contributed by atoms with E-state index < -0.39 is 48.6 Å². The van der Waals surface area contributed by atoms with E-state index >= 15 is 0 Å². The first-order valence-electron chi connectivity index (χ1n) is 8.95. The smallest absolute Gasteiger partial charge is 0.449 e. The van der Waals surface area contributed by atoms with Gasteiger partial charge in [0.15, 0.2) is 0 Å². The summed E-state index contributed by atoms with van der Waals surface area (Å²) in [7, 11) is -9.06. The van der Waals surface area contributed by atoms with Gasteiger partial charge < -0.3 is 10.6 Å². The molecule has 35 heavy (non-hydrogen) atoms. The third kappa shape index (κ3) is 6.35. The molecule has 0 bridgehead atoms. The van der Waals surface area contributed by atoms with Gasteiger partial charge in [0.25, 0.3) is 20.2 Å². The van der Waals surface area contributed by atoms with Crippen molar-refractivity contribution in [3.8, 4) is 0 Å². The SMILES string of the molecule is CC1=NN(c2ccc(S(=O)(=O)O)cc2C)C(=[OH+])[C@H]1N=Nc1cc(S(=O)(=O)O)ccc1C(=O)O.O.[Cr]. The largest absolute Gasteiger partial charge is 0.478 e. The number of nitrogens with zero attached hydrogens (tertiary/aromatic N) is 4. The second-order valence-corrected chi connectivity index (χ2v) is 9.75. The number of azo groups is 1. The van der Waals surface area contributed by atoms with Crippen LogP contribution in [0.15, 0.2) is 61.5 Å². The number of hydrogen-bond acceptors (Lipinski definition) is 8. The van der Waals surface area contributed by atoms with Gasteiger partial charge in [0.1, 0.15) is 5.69 Å². The topological polar surface area (TPSA) is 239 Å². The van der Waals surface area contributed by atoms with Crippen molar-refractivity contribution in [3.63, 3.8) is 0 Å². The first-order valence-corrected chi connectivity index (χ1v) is 11.8. The van der Waals surface area contributed by atoms with Crippen LogP contribution >= 0.6 is 0 Å². The fourth-order valence-corrected chi connectivity index (χ4v) is 4.03. The molecular formula is C18H19CrN4O10S2+. The zero-order valence-electron chi connectivity index (χ0n) is 17.9. The zero-order valence-corrected chi connectivity index (χ0v) is 20.8. The first kappa shape index (κ1) is 30.0. The maximum atomic E-state index is 11.4. The number of aryl methyl sites for hydroxylation is 1. The van der Waals surface area contributed by atoms with Crippen LogP contribution in [0.25, 0.3) is 0 Å². The maximum Gasteiger partial charge on any atom is 0.449 e. The molecule has 0 aromatic heterocycles. The number of carbonyl (C=O) groups is 1. The Morgan fingerprint density at radius 3 is 2.09 bits per heavy atom. The van der Waals surface area contributed by atoms with Gasteiger partial charge in [-0.15, -0.1) is 0 Å². The minimum Gasteiger partial charge on any atom is -0.478 e. The van der Waals surface area contributed by atoms with E-state index in [0.717, 1.165) is 29.3 Å². The number of rotatable bonds is 6. The number of amides is 1. The fraction of sp³-hybridized carbons (Fsp3) is 0.167. The van der Waals surface area contributed by atoms with Crippen LogP contribution in [0, 0.1) is 6.92 Å². The summed E-state index contributed by atoms with van der Waals surface area (Å²) >= 11 is 0. The molecule has 2 aromatic rings. The minimum absolute atomic E-state index is 0. The maximum absolute atomic E-state index is 11.4. The molecule has 0 radical (unpaired) electrons. The van der Waals surface area contributed by atoms with E-state index in [4.69, 9.17) is 4.55 Å². The predicted molar refractivity (Wildman–Crippen MR) is 119 cm³/mol. The van der Waals surface area contributed by atoms with E-state index in [1.165, 1.54) is 26.0 Å². The molecule has 0 saturated heterocycles. The van der Waals surface area contributed by atoms with Gasteiger partial charge in [-0.05, 0) is 55.8 Å². The molecule has 1 aliphatic rings.